The summed E-state index contributed by atoms with van der Waals surface area (Å²) in [5.41, 5.74) is -0.640. The van der Waals surface area contributed by atoms with Crippen molar-refractivity contribution >= 4 is 22.8 Å². The SMILES string of the molecule is COC(=O)C(O)C(O)c1ccc2c(=O)c(C(=O)O)c[nH]c2c1. The highest BCUT2D eigenvalue weighted by atomic mass is 16.5. The Balaban J connectivity index is 2.48. The fraction of sp³-hybridized carbons (Fsp3) is 0.214. The third kappa shape index (κ3) is 2.69. The van der Waals surface area contributed by atoms with Crippen LogP contribution >= 0.6 is 0 Å². The maximum Gasteiger partial charge on any atom is 0.341 e. The largest absolute Gasteiger partial charge is 0.477 e. The zero-order valence-corrected chi connectivity index (χ0v) is 11.4. The highest BCUT2D eigenvalue weighted by Gasteiger charge is 2.26. The van der Waals surface area contributed by atoms with E-state index in [4.69, 9.17) is 5.11 Å². The molecule has 1 heterocycles. The number of pyridine rings is 1. The molecule has 2 rings (SSSR count). The first-order chi connectivity index (χ1) is 10.4. The number of aromatic nitrogens is 1. The first kappa shape index (κ1) is 15.7. The van der Waals surface area contributed by atoms with Crippen LogP contribution < -0.4 is 5.43 Å². The van der Waals surface area contributed by atoms with Gasteiger partial charge in [0, 0.05) is 17.1 Å². The second-order valence-electron chi connectivity index (χ2n) is 4.55. The zero-order valence-electron chi connectivity index (χ0n) is 11.4. The molecule has 8 nitrogen and oxygen atoms in total. The number of carboxylic acid groups (broad SMARTS) is 1. The van der Waals surface area contributed by atoms with Gasteiger partial charge in [-0.2, -0.15) is 0 Å². The predicted octanol–water partition coefficient (Wildman–Crippen LogP) is -0.206. The lowest BCUT2D eigenvalue weighted by Crippen LogP contribution is -2.29. The van der Waals surface area contributed by atoms with Gasteiger partial charge in [-0.3, -0.25) is 4.79 Å². The van der Waals surface area contributed by atoms with Crippen molar-refractivity contribution in [2.75, 3.05) is 7.11 Å². The molecule has 22 heavy (non-hydrogen) atoms. The van der Waals surface area contributed by atoms with E-state index in [9.17, 15) is 24.6 Å². The summed E-state index contributed by atoms with van der Waals surface area (Å²) < 4.78 is 4.33. The molecule has 0 aliphatic carbocycles. The average Bonchev–Trinajstić information content (AvgIpc) is 2.52. The number of aromatic carboxylic acids is 1. The molecule has 0 radical (unpaired) electrons. The van der Waals surface area contributed by atoms with Crippen LogP contribution in [0.2, 0.25) is 0 Å². The van der Waals surface area contributed by atoms with E-state index >= 15 is 0 Å². The van der Waals surface area contributed by atoms with E-state index in [0.717, 1.165) is 13.3 Å². The number of nitrogens with one attached hydrogen (secondary N) is 1. The molecule has 0 saturated carbocycles. The summed E-state index contributed by atoms with van der Waals surface area (Å²) in [5, 5.41) is 28.5. The number of benzene rings is 1. The number of fused-ring (bicyclic) bond motifs is 1. The number of hydrogen-bond acceptors (Lipinski definition) is 6. The maximum atomic E-state index is 12.0. The Hall–Kier alpha value is -2.71. The van der Waals surface area contributed by atoms with Gasteiger partial charge in [-0.1, -0.05) is 6.07 Å². The lowest BCUT2D eigenvalue weighted by Gasteiger charge is -2.16. The molecule has 4 N–H and O–H groups in total. The number of carbonyl (C=O) groups excluding carboxylic acids is 1. The zero-order chi connectivity index (χ0) is 16.4. The number of methoxy groups -OCH3 is 1. The molecule has 8 heteroatoms. The molecular formula is C14H13NO7. The Morgan fingerprint density at radius 1 is 1.27 bits per heavy atom. The van der Waals surface area contributed by atoms with Gasteiger partial charge in [0.2, 0.25) is 5.43 Å². The first-order valence-electron chi connectivity index (χ1n) is 6.19. The molecule has 116 valence electrons. The number of aliphatic hydroxyl groups excluding tert-OH is 2. The highest BCUT2D eigenvalue weighted by molar-refractivity contribution is 5.92. The lowest BCUT2D eigenvalue weighted by atomic mass is 10.0. The standard InChI is InChI=1S/C14H13NO7/c1-22-14(21)12(18)10(16)6-2-3-7-9(4-6)15-5-8(11(7)17)13(19)20/h2-5,10,12,16,18H,1H3,(H,15,17)(H,19,20). The number of esters is 1. The van der Waals surface area contributed by atoms with E-state index in [1.807, 2.05) is 0 Å². The van der Waals surface area contributed by atoms with Crippen LogP contribution in [0.3, 0.4) is 0 Å². The summed E-state index contributed by atoms with van der Waals surface area (Å²) in [7, 11) is 1.07. The third-order valence-corrected chi connectivity index (χ3v) is 3.22. The number of ether oxygens (including phenoxy) is 1. The van der Waals surface area contributed by atoms with Crippen molar-refractivity contribution in [2.24, 2.45) is 0 Å². The number of H-pyrrole nitrogens is 1. The molecule has 0 saturated heterocycles. The normalized spacial score (nSPS) is 13.6. The lowest BCUT2D eigenvalue weighted by molar-refractivity contribution is -0.156. The van der Waals surface area contributed by atoms with Crippen LogP contribution in [0.15, 0.2) is 29.2 Å². The monoisotopic (exact) mass is 307 g/mol. The smallest absolute Gasteiger partial charge is 0.341 e. The third-order valence-electron chi connectivity index (χ3n) is 3.22. The van der Waals surface area contributed by atoms with E-state index in [1.54, 1.807) is 0 Å². The number of carboxylic acids is 1. The van der Waals surface area contributed by atoms with Gasteiger partial charge >= 0.3 is 11.9 Å². The van der Waals surface area contributed by atoms with Crippen LogP contribution in [0, 0.1) is 0 Å². The van der Waals surface area contributed by atoms with Crippen molar-refractivity contribution in [3.8, 4) is 0 Å². The summed E-state index contributed by atoms with van der Waals surface area (Å²) in [4.78, 5) is 36.7. The second-order valence-corrected chi connectivity index (χ2v) is 4.55. The maximum absolute atomic E-state index is 12.0. The van der Waals surface area contributed by atoms with Gasteiger partial charge in [-0.15, -0.1) is 0 Å². The summed E-state index contributed by atoms with van der Waals surface area (Å²) in [6, 6.07) is 3.97. The molecule has 0 aliphatic rings. The summed E-state index contributed by atoms with van der Waals surface area (Å²) in [6.07, 6.45) is -2.27. The fourth-order valence-electron chi connectivity index (χ4n) is 2.01. The number of aromatic amines is 1. The molecule has 0 bridgehead atoms. The Bertz CT molecular complexity index is 795. The van der Waals surface area contributed by atoms with Gasteiger partial charge in [-0.05, 0) is 17.7 Å². The number of rotatable bonds is 4. The van der Waals surface area contributed by atoms with Crippen LogP contribution in [-0.2, 0) is 9.53 Å². The molecule has 2 atom stereocenters. The Kier molecular flexibility index (Phi) is 4.25. The van der Waals surface area contributed by atoms with Crippen LogP contribution in [-0.4, -0.2) is 45.5 Å². The van der Waals surface area contributed by atoms with Gasteiger partial charge in [0.15, 0.2) is 6.10 Å². The average molecular weight is 307 g/mol. The number of hydrogen-bond donors (Lipinski definition) is 4. The van der Waals surface area contributed by atoms with Crippen molar-refractivity contribution in [1.82, 2.24) is 4.98 Å². The van der Waals surface area contributed by atoms with Crippen molar-refractivity contribution in [2.45, 2.75) is 12.2 Å². The van der Waals surface area contributed by atoms with Crippen LogP contribution in [0.25, 0.3) is 10.9 Å². The quantitative estimate of drug-likeness (QED) is 0.574. The molecule has 2 aromatic rings. The molecule has 1 aromatic carbocycles. The minimum Gasteiger partial charge on any atom is -0.477 e. The molecular weight excluding hydrogens is 294 g/mol. The van der Waals surface area contributed by atoms with E-state index < -0.39 is 35.1 Å². The fourth-order valence-corrected chi connectivity index (χ4v) is 2.01. The minimum atomic E-state index is -1.77. The van der Waals surface area contributed by atoms with Crippen molar-refractivity contribution in [3.05, 3.63) is 45.7 Å². The first-order valence-corrected chi connectivity index (χ1v) is 6.19. The van der Waals surface area contributed by atoms with Gasteiger partial charge < -0.3 is 25.0 Å². The highest BCUT2D eigenvalue weighted by Crippen LogP contribution is 2.21. The Morgan fingerprint density at radius 2 is 1.95 bits per heavy atom. The molecule has 1 aromatic heterocycles. The minimum absolute atomic E-state index is 0.114. The van der Waals surface area contributed by atoms with Gasteiger partial charge in [0.1, 0.15) is 11.7 Å². The van der Waals surface area contributed by atoms with Crippen molar-refractivity contribution < 1.29 is 29.6 Å². The number of aliphatic hydroxyl groups is 2. The van der Waals surface area contributed by atoms with Gasteiger partial charge in [0.05, 0.1) is 7.11 Å². The molecule has 0 amide bonds. The van der Waals surface area contributed by atoms with Gasteiger partial charge in [-0.25, -0.2) is 9.59 Å². The van der Waals surface area contributed by atoms with Crippen LogP contribution in [0.4, 0.5) is 0 Å². The van der Waals surface area contributed by atoms with Crippen molar-refractivity contribution in [3.63, 3.8) is 0 Å². The van der Waals surface area contributed by atoms with E-state index in [2.05, 4.69) is 9.72 Å². The number of carbonyl (C=O) groups is 2. The summed E-state index contributed by atoms with van der Waals surface area (Å²) >= 11 is 0. The molecule has 0 spiro atoms. The molecule has 0 aliphatic heterocycles. The molecule has 0 fully saturated rings. The van der Waals surface area contributed by atoms with Crippen LogP contribution in [0.5, 0.6) is 0 Å². The Morgan fingerprint density at radius 3 is 2.55 bits per heavy atom. The summed E-state index contributed by atoms with van der Waals surface area (Å²) in [6.45, 7) is 0. The molecule has 2 unspecified atom stereocenters. The Labute approximate surface area is 123 Å². The summed E-state index contributed by atoms with van der Waals surface area (Å²) in [5.74, 6) is -2.35. The topological polar surface area (TPSA) is 137 Å². The second kappa shape index (κ2) is 5.96. The predicted molar refractivity (Wildman–Crippen MR) is 74.5 cm³/mol. The van der Waals surface area contributed by atoms with E-state index in [1.165, 1.54) is 18.2 Å². The van der Waals surface area contributed by atoms with E-state index in [0.29, 0.717) is 0 Å². The van der Waals surface area contributed by atoms with E-state index in [-0.39, 0.29) is 16.5 Å². The van der Waals surface area contributed by atoms with Crippen LogP contribution in [0.1, 0.15) is 22.0 Å². The van der Waals surface area contributed by atoms with Gasteiger partial charge in [0.25, 0.3) is 0 Å². The van der Waals surface area contributed by atoms with Crippen molar-refractivity contribution in [1.29, 1.82) is 0 Å².